The number of anilines is 2. The molecule has 14 heteroatoms. The van der Waals surface area contributed by atoms with Crippen LogP contribution in [0.1, 0.15) is 36.8 Å². The van der Waals surface area contributed by atoms with Crippen LogP contribution in [0, 0.1) is 5.82 Å². The molecule has 6 heterocycles. The molecule has 3 aliphatic rings. The number of alkyl halides is 1. The molecular formula is C45H47ClF2N8O3. The molecule has 0 aliphatic carbocycles. The Bertz CT molecular complexity index is 2420. The lowest BCUT2D eigenvalue weighted by atomic mass is 9.95. The third-order valence-corrected chi connectivity index (χ3v) is 12.5. The van der Waals surface area contributed by atoms with E-state index in [4.69, 9.17) is 45.7 Å². The molecule has 0 unspecified atom stereocenters. The average molecular weight is 821 g/mol. The Morgan fingerprint density at radius 1 is 0.949 bits per heavy atom. The number of likely N-dealkylation sites (N-methyl/N-ethyl adjacent to an activating group) is 1. The lowest BCUT2D eigenvalue weighted by Gasteiger charge is -2.31. The zero-order valence-corrected chi connectivity index (χ0v) is 34.2. The van der Waals surface area contributed by atoms with Crippen LogP contribution in [-0.4, -0.2) is 96.6 Å². The van der Waals surface area contributed by atoms with E-state index in [1.807, 2.05) is 78.7 Å². The van der Waals surface area contributed by atoms with E-state index in [-0.39, 0.29) is 35.6 Å². The zero-order chi connectivity index (χ0) is 40.7. The van der Waals surface area contributed by atoms with E-state index in [0.29, 0.717) is 53.5 Å². The number of aromatic nitrogens is 4. The fourth-order valence-electron chi connectivity index (χ4n) is 9.02. The molecule has 3 aliphatic heterocycles. The standard InChI is InChI=1S/C45H47ClF2N8O3/c1-54(32-16-18-49-22-32)43-35-23-50-42(39(48)40(35)52-44(53-43)59-27-45-17-5-19-56(45)26-31(47)21-45)41-38-30(6-4-7-36(38)46)20-37(51-41)55(24-28-8-12-33(57-2)13-9-28)25-29-10-14-34(58-3)15-11-29/h4,6-15,20,23,31-32,49H,5,16-19,21-22,24-27H2,1-3H3/t31-,32-,45+/m1/s1. The van der Waals surface area contributed by atoms with Crippen LogP contribution in [0.5, 0.6) is 17.5 Å². The second-order valence-electron chi connectivity index (χ2n) is 15.9. The largest absolute Gasteiger partial charge is 0.497 e. The van der Waals surface area contributed by atoms with E-state index in [0.717, 1.165) is 66.9 Å². The number of pyridine rings is 2. The monoisotopic (exact) mass is 820 g/mol. The topological polar surface area (TPSA) is 101 Å². The summed E-state index contributed by atoms with van der Waals surface area (Å²) >= 11 is 6.94. The number of ether oxygens (including phenoxy) is 3. The summed E-state index contributed by atoms with van der Waals surface area (Å²) in [5.41, 5.74) is 1.98. The van der Waals surface area contributed by atoms with Gasteiger partial charge in [-0.05, 0) is 85.3 Å². The first kappa shape index (κ1) is 39.1. The Morgan fingerprint density at radius 2 is 1.68 bits per heavy atom. The maximum atomic E-state index is 17.6. The molecule has 9 rings (SSSR count). The second kappa shape index (κ2) is 16.4. The van der Waals surface area contributed by atoms with Gasteiger partial charge in [0, 0.05) is 57.3 Å². The van der Waals surface area contributed by atoms with Gasteiger partial charge in [0.25, 0.3) is 0 Å². The van der Waals surface area contributed by atoms with Gasteiger partial charge in [-0.3, -0.25) is 9.88 Å². The zero-order valence-electron chi connectivity index (χ0n) is 33.4. The third kappa shape index (κ3) is 7.67. The molecular weight excluding hydrogens is 774 g/mol. The number of methoxy groups -OCH3 is 2. The lowest BCUT2D eigenvalue weighted by Crippen LogP contribution is -2.43. The smallest absolute Gasteiger partial charge is 0.319 e. The minimum atomic E-state index is -0.910. The normalized spacial score (nSPS) is 20.3. The molecule has 3 aromatic heterocycles. The van der Waals surface area contributed by atoms with E-state index < -0.39 is 17.5 Å². The molecule has 0 bridgehead atoms. The third-order valence-electron chi connectivity index (χ3n) is 12.2. The van der Waals surface area contributed by atoms with Crippen LogP contribution in [0.4, 0.5) is 20.4 Å². The van der Waals surface area contributed by atoms with Crippen LogP contribution in [0.3, 0.4) is 0 Å². The van der Waals surface area contributed by atoms with Crippen molar-refractivity contribution in [3.63, 3.8) is 0 Å². The molecule has 59 heavy (non-hydrogen) atoms. The maximum Gasteiger partial charge on any atom is 0.319 e. The van der Waals surface area contributed by atoms with E-state index in [1.54, 1.807) is 26.5 Å². The van der Waals surface area contributed by atoms with Crippen molar-refractivity contribution in [1.82, 2.24) is 30.2 Å². The Balaban J connectivity index is 1.16. The lowest BCUT2D eigenvalue weighted by molar-refractivity contribution is 0.107. The highest BCUT2D eigenvalue weighted by atomic mass is 35.5. The molecule has 6 aromatic rings. The summed E-state index contributed by atoms with van der Waals surface area (Å²) in [6, 6.07) is 23.5. The van der Waals surface area contributed by atoms with Crippen LogP contribution in [-0.2, 0) is 13.1 Å². The average Bonchev–Trinajstić information content (AvgIpc) is 4.00. The quantitative estimate of drug-likeness (QED) is 0.123. The molecule has 306 valence electrons. The summed E-state index contributed by atoms with van der Waals surface area (Å²) < 4.78 is 49.5. The summed E-state index contributed by atoms with van der Waals surface area (Å²) in [6.07, 6.45) is 3.80. The van der Waals surface area contributed by atoms with Crippen LogP contribution in [0.25, 0.3) is 33.1 Å². The molecule has 11 nitrogen and oxygen atoms in total. The van der Waals surface area contributed by atoms with Gasteiger partial charge in [0.15, 0.2) is 5.82 Å². The van der Waals surface area contributed by atoms with Crippen molar-refractivity contribution in [2.45, 2.75) is 56.5 Å². The highest BCUT2D eigenvalue weighted by Crippen LogP contribution is 2.42. The number of fused-ring (bicyclic) bond motifs is 3. The molecule has 1 N–H and O–H groups in total. The molecule has 3 fully saturated rings. The fraction of sp³-hybridized carbons (Fsp3) is 0.378. The molecule has 3 atom stereocenters. The Kier molecular flexibility index (Phi) is 10.8. The van der Waals surface area contributed by atoms with E-state index in [2.05, 4.69) is 15.1 Å². The van der Waals surface area contributed by atoms with Crippen LogP contribution >= 0.6 is 11.6 Å². The SMILES string of the molecule is COc1ccc(CN(Cc2ccc(OC)cc2)c2cc3cccc(Cl)c3c(-c3ncc4c(N(C)[C@@H]5CCNC5)nc(OC[C@@]56CCCN5C[C@H](F)C6)nc4c3F)n2)cc1. The van der Waals surface area contributed by atoms with Crippen molar-refractivity contribution >= 4 is 44.9 Å². The van der Waals surface area contributed by atoms with E-state index in [9.17, 15) is 4.39 Å². The van der Waals surface area contributed by atoms with Gasteiger partial charge in [0.2, 0.25) is 0 Å². The Labute approximate surface area is 347 Å². The second-order valence-corrected chi connectivity index (χ2v) is 16.3. The molecule has 0 radical (unpaired) electrons. The first-order chi connectivity index (χ1) is 28.7. The highest BCUT2D eigenvalue weighted by molar-refractivity contribution is 6.36. The number of halogens is 3. The van der Waals surface area contributed by atoms with Gasteiger partial charge in [-0.1, -0.05) is 48.0 Å². The van der Waals surface area contributed by atoms with Gasteiger partial charge >= 0.3 is 6.01 Å². The molecule has 0 amide bonds. The van der Waals surface area contributed by atoms with Gasteiger partial charge in [0.05, 0.1) is 30.2 Å². The maximum absolute atomic E-state index is 17.6. The van der Waals surface area contributed by atoms with Crippen molar-refractivity contribution in [2.24, 2.45) is 0 Å². The first-order valence-corrected chi connectivity index (χ1v) is 20.5. The van der Waals surface area contributed by atoms with Crippen LogP contribution in [0.15, 0.2) is 79.0 Å². The van der Waals surface area contributed by atoms with Crippen molar-refractivity contribution in [2.75, 3.05) is 63.9 Å². The summed E-state index contributed by atoms with van der Waals surface area (Å²) in [5, 5.41) is 5.62. The Morgan fingerprint density at radius 3 is 2.36 bits per heavy atom. The van der Waals surface area contributed by atoms with Gasteiger partial charge in [-0.25, -0.2) is 13.8 Å². The van der Waals surface area contributed by atoms with E-state index in [1.165, 1.54) is 0 Å². The van der Waals surface area contributed by atoms with Gasteiger partial charge in [-0.2, -0.15) is 9.97 Å². The molecule has 0 saturated carbocycles. The molecule has 3 saturated heterocycles. The van der Waals surface area contributed by atoms with E-state index >= 15 is 4.39 Å². The van der Waals surface area contributed by atoms with Gasteiger partial charge in [0.1, 0.15) is 52.8 Å². The molecule has 0 spiro atoms. The first-order valence-electron chi connectivity index (χ1n) is 20.1. The fourth-order valence-corrected chi connectivity index (χ4v) is 9.29. The molecule has 3 aromatic carbocycles. The summed E-state index contributed by atoms with van der Waals surface area (Å²) in [4.78, 5) is 25.9. The summed E-state index contributed by atoms with van der Waals surface area (Å²) in [5.74, 6) is 1.97. The highest BCUT2D eigenvalue weighted by Gasteiger charge is 2.49. The Hall–Kier alpha value is -5.37. The number of nitrogens with one attached hydrogen (secondary N) is 1. The minimum Gasteiger partial charge on any atom is -0.497 e. The van der Waals surface area contributed by atoms with Gasteiger partial charge < -0.3 is 29.3 Å². The van der Waals surface area contributed by atoms with Crippen molar-refractivity contribution in [1.29, 1.82) is 0 Å². The summed E-state index contributed by atoms with van der Waals surface area (Å²) in [7, 11) is 5.24. The minimum absolute atomic E-state index is 0.00343. The van der Waals surface area contributed by atoms with Crippen LogP contribution < -0.4 is 29.3 Å². The predicted octanol–water partition coefficient (Wildman–Crippen LogP) is 8.01. The number of rotatable bonds is 13. The van der Waals surface area contributed by atoms with Crippen molar-refractivity contribution in [3.05, 3.63) is 101 Å². The summed E-state index contributed by atoms with van der Waals surface area (Å²) in [6.45, 7) is 4.05. The number of benzene rings is 3. The number of nitrogens with zero attached hydrogens (tertiary/aromatic N) is 7. The number of hydrogen-bond acceptors (Lipinski definition) is 11. The predicted molar refractivity (Wildman–Crippen MR) is 227 cm³/mol. The van der Waals surface area contributed by atoms with Crippen molar-refractivity contribution in [3.8, 4) is 28.9 Å². The van der Waals surface area contributed by atoms with Crippen LogP contribution in [0.2, 0.25) is 5.02 Å². The van der Waals surface area contributed by atoms with Gasteiger partial charge in [-0.15, -0.1) is 0 Å². The van der Waals surface area contributed by atoms with Crippen molar-refractivity contribution < 1.29 is 23.0 Å². The number of hydrogen-bond donors (Lipinski definition) is 1.